The second-order valence-electron chi connectivity index (χ2n) is 3.56. The van der Waals surface area contributed by atoms with Crippen molar-refractivity contribution < 1.29 is 0 Å². The third-order valence-electron chi connectivity index (χ3n) is 1.91. The van der Waals surface area contributed by atoms with Crippen molar-refractivity contribution in [3.05, 3.63) is 0 Å². The summed E-state index contributed by atoms with van der Waals surface area (Å²) in [4.78, 5) is 0. The van der Waals surface area contributed by atoms with E-state index in [1.54, 1.807) is 0 Å². The fourth-order valence-electron chi connectivity index (χ4n) is 1.31. The van der Waals surface area contributed by atoms with Crippen LogP contribution in [0.5, 0.6) is 0 Å². The molecule has 0 aliphatic heterocycles. The topological polar surface area (TPSA) is 0 Å². The second kappa shape index (κ2) is 5.75. The van der Waals surface area contributed by atoms with Gasteiger partial charge in [-0.2, -0.15) is 0 Å². The van der Waals surface area contributed by atoms with E-state index in [9.17, 15) is 0 Å². The van der Waals surface area contributed by atoms with Gasteiger partial charge in [-0.3, -0.25) is 0 Å². The minimum atomic E-state index is -0.637. The third kappa shape index (κ3) is 4.88. The summed E-state index contributed by atoms with van der Waals surface area (Å²) in [7, 11) is 0. The summed E-state index contributed by atoms with van der Waals surface area (Å²) in [5, 5.41) is 2.97. The minimum absolute atomic E-state index is 0. The molecule has 0 bridgehead atoms. The van der Waals surface area contributed by atoms with Gasteiger partial charge in [0.2, 0.25) is 0 Å². The molecule has 0 atom stereocenters. The molecule has 0 rings (SSSR count). The molecule has 0 unspecified atom stereocenters. The van der Waals surface area contributed by atoms with Crippen LogP contribution >= 0.6 is 0 Å². The molecular weight excluding hydrogens is 176 g/mol. The van der Waals surface area contributed by atoms with Gasteiger partial charge in [0, 0.05) is 18.9 Å². The maximum Gasteiger partial charge on any atom is 0 e. The summed E-state index contributed by atoms with van der Waals surface area (Å²) >= 11 is -0.637. The van der Waals surface area contributed by atoms with E-state index in [1.165, 1.54) is 10.5 Å². The predicted molar refractivity (Wildman–Crippen MR) is 52.2 cm³/mol. The van der Waals surface area contributed by atoms with Crippen LogP contribution in [-0.2, 0) is 0 Å². The first-order valence-electron chi connectivity index (χ1n) is 3.87. The van der Waals surface area contributed by atoms with Crippen molar-refractivity contribution in [2.45, 2.75) is 49.4 Å². The molecular formula is C8H19GeLi. The van der Waals surface area contributed by atoms with Gasteiger partial charge < -0.3 is 0 Å². The van der Waals surface area contributed by atoms with Gasteiger partial charge in [0.1, 0.15) is 0 Å². The second-order valence-corrected chi connectivity index (χ2v) is 12.2. The van der Waals surface area contributed by atoms with Crippen molar-refractivity contribution in [1.82, 2.24) is 0 Å². The maximum atomic E-state index is 2.40. The first kappa shape index (κ1) is 13.7. The molecule has 0 saturated carbocycles. The first-order chi connectivity index (χ1) is 4.02. The van der Waals surface area contributed by atoms with E-state index in [-0.39, 0.29) is 18.9 Å². The van der Waals surface area contributed by atoms with Crippen molar-refractivity contribution in [1.29, 1.82) is 0 Å². The molecule has 0 aliphatic rings. The van der Waals surface area contributed by atoms with Crippen molar-refractivity contribution in [3.8, 4) is 0 Å². The predicted octanol–water partition coefficient (Wildman–Crippen LogP) is 2.94. The molecule has 2 heteroatoms. The van der Waals surface area contributed by atoms with E-state index in [4.69, 9.17) is 0 Å². The molecule has 0 fully saturated rings. The van der Waals surface area contributed by atoms with Gasteiger partial charge in [-0.1, -0.05) is 0 Å². The molecule has 0 aromatic heterocycles. The van der Waals surface area contributed by atoms with Crippen LogP contribution in [0.4, 0.5) is 0 Å². The number of hydrogen-bond donors (Lipinski definition) is 0. The Bertz CT molecular complexity index is 71.8. The van der Waals surface area contributed by atoms with E-state index in [0.717, 1.165) is 0 Å². The average molecular weight is 195 g/mol. The smallest absolute Gasteiger partial charge is 0 e. The summed E-state index contributed by atoms with van der Waals surface area (Å²) in [5.74, 6) is 0. The van der Waals surface area contributed by atoms with Crippen LogP contribution in [0.25, 0.3) is 0 Å². The Morgan fingerprint density at radius 2 is 1.30 bits per heavy atom. The zero-order valence-corrected chi connectivity index (χ0v) is 10.5. The third-order valence-corrected chi connectivity index (χ3v) is 9.95. The SMILES string of the molecule is C[CH2][Ge]([CH2]C)[C](C)(C)C.[Li]. The Balaban J connectivity index is 0. The van der Waals surface area contributed by atoms with Crippen molar-refractivity contribution >= 4 is 33.2 Å². The molecule has 0 aromatic rings. The largest absolute Gasteiger partial charge is 0 e. The Morgan fingerprint density at radius 1 is 1.00 bits per heavy atom. The Kier molecular flexibility index (Phi) is 7.88. The molecule has 10 heavy (non-hydrogen) atoms. The van der Waals surface area contributed by atoms with Gasteiger partial charge in [0.05, 0.1) is 0 Å². The van der Waals surface area contributed by atoms with Gasteiger partial charge in [-0.05, 0) is 0 Å². The molecule has 0 aromatic carbocycles. The number of rotatable bonds is 2. The minimum Gasteiger partial charge on any atom is 0 e. The van der Waals surface area contributed by atoms with Gasteiger partial charge in [-0.15, -0.1) is 0 Å². The molecule has 56 valence electrons. The molecule has 0 spiro atoms. The van der Waals surface area contributed by atoms with E-state index in [0.29, 0.717) is 4.25 Å². The van der Waals surface area contributed by atoms with Crippen LogP contribution in [0.3, 0.4) is 0 Å². The molecule has 0 N–H and O–H groups in total. The van der Waals surface area contributed by atoms with Crippen LogP contribution in [0, 0.1) is 0 Å². The zero-order valence-electron chi connectivity index (χ0n) is 8.41. The zero-order chi connectivity index (χ0) is 7.49. The number of hydrogen-bond acceptors (Lipinski definition) is 0. The first-order valence-corrected chi connectivity index (χ1v) is 7.89. The Hall–Kier alpha value is 1.14. The quantitative estimate of drug-likeness (QED) is 0.594. The monoisotopic (exact) mass is 196 g/mol. The van der Waals surface area contributed by atoms with Crippen molar-refractivity contribution in [3.63, 3.8) is 0 Å². The van der Waals surface area contributed by atoms with E-state index in [2.05, 4.69) is 34.6 Å². The van der Waals surface area contributed by atoms with Gasteiger partial charge in [0.15, 0.2) is 0 Å². The van der Waals surface area contributed by atoms with Crippen molar-refractivity contribution in [2.75, 3.05) is 0 Å². The standard InChI is InChI=1S/C8H19Ge.Li/c1-6-9(7-2)8(3,4)5;/h6-7H2,1-5H3;. The van der Waals surface area contributed by atoms with E-state index < -0.39 is 14.3 Å². The Labute approximate surface area is 82.4 Å². The molecule has 0 nitrogen and oxygen atoms in total. The summed E-state index contributed by atoms with van der Waals surface area (Å²) in [6.45, 7) is 11.9. The van der Waals surface area contributed by atoms with Crippen LogP contribution in [0.15, 0.2) is 0 Å². The molecule has 2 radical (unpaired) electrons. The molecule has 0 heterocycles. The van der Waals surface area contributed by atoms with E-state index >= 15 is 0 Å². The normalized spacial score (nSPS) is 11.4. The van der Waals surface area contributed by atoms with Crippen LogP contribution in [0.1, 0.15) is 34.6 Å². The van der Waals surface area contributed by atoms with Gasteiger partial charge in [-0.25, -0.2) is 0 Å². The van der Waals surface area contributed by atoms with Crippen LogP contribution in [0.2, 0.25) is 14.8 Å². The fraction of sp³-hybridized carbons (Fsp3) is 1.00. The molecule has 0 saturated heterocycles. The van der Waals surface area contributed by atoms with Crippen LogP contribution in [-0.4, -0.2) is 33.2 Å². The van der Waals surface area contributed by atoms with Crippen molar-refractivity contribution in [2.24, 2.45) is 0 Å². The van der Waals surface area contributed by atoms with Gasteiger partial charge >= 0.3 is 63.7 Å². The Morgan fingerprint density at radius 3 is 1.30 bits per heavy atom. The molecule has 0 amide bonds. The summed E-state index contributed by atoms with van der Waals surface area (Å²) < 4.78 is 0.684. The fourth-order valence-corrected chi connectivity index (χ4v) is 6.81. The van der Waals surface area contributed by atoms with Gasteiger partial charge in [0.25, 0.3) is 0 Å². The average Bonchev–Trinajstić information content (AvgIpc) is 1.65. The maximum absolute atomic E-state index is 2.40. The summed E-state index contributed by atoms with van der Waals surface area (Å²) in [6, 6.07) is 0. The molecule has 0 aliphatic carbocycles. The summed E-state index contributed by atoms with van der Waals surface area (Å²) in [5.41, 5.74) is 0. The van der Waals surface area contributed by atoms with E-state index in [1.807, 2.05) is 0 Å². The van der Waals surface area contributed by atoms with Crippen LogP contribution < -0.4 is 0 Å². The summed E-state index contributed by atoms with van der Waals surface area (Å²) in [6.07, 6.45) is 0.